The van der Waals surface area contributed by atoms with Crippen LogP contribution in [-0.4, -0.2) is 52.5 Å². The summed E-state index contributed by atoms with van der Waals surface area (Å²) in [5.74, 6) is 0.654. The first kappa shape index (κ1) is 23.4. The molecular formula is C24H29FN2O5. The molecule has 2 aromatic rings. The molecule has 7 nitrogen and oxygen atoms in total. The van der Waals surface area contributed by atoms with Crippen LogP contribution < -0.4 is 24.4 Å². The van der Waals surface area contributed by atoms with Gasteiger partial charge in [-0.1, -0.05) is 0 Å². The molecule has 172 valence electrons. The SMILES string of the molecule is COc1cc(/C=C/C(=O)Nc2ccc(N3CC(C)OC(C)C3)c(F)c2)cc(OC)c1OC. The highest BCUT2D eigenvalue weighted by Gasteiger charge is 2.24. The van der Waals surface area contributed by atoms with Gasteiger partial charge >= 0.3 is 0 Å². The zero-order valence-corrected chi connectivity index (χ0v) is 19.0. The predicted molar refractivity (Wildman–Crippen MR) is 122 cm³/mol. The number of ether oxygens (including phenoxy) is 4. The number of benzene rings is 2. The number of hydrogen-bond acceptors (Lipinski definition) is 6. The van der Waals surface area contributed by atoms with Crippen molar-refractivity contribution in [2.24, 2.45) is 0 Å². The van der Waals surface area contributed by atoms with Crippen LogP contribution in [0.4, 0.5) is 15.8 Å². The van der Waals surface area contributed by atoms with Crippen LogP contribution in [0.5, 0.6) is 17.2 Å². The van der Waals surface area contributed by atoms with Crippen LogP contribution in [0.2, 0.25) is 0 Å². The van der Waals surface area contributed by atoms with Gasteiger partial charge in [-0.3, -0.25) is 4.79 Å². The monoisotopic (exact) mass is 444 g/mol. The Kier molecular flexibility index (Phi) is 7.58. The van der Waals surface area contributed by atoms with Gasteiger partial charge in [-0.15, -0.1) is 0 Å². The van der Waals surface area contributed by atoms with Gasteiger partial charge in [0.1, 0.15) is 5.82 Å². The molecule has 0 aromatic heterocycles. The highest BCUT2D eigenvalue weighted by Crippen LogP contribution is 2.38. The summed E-state index contributed by atoms with van der Waals surface area (Å²) in [6.45, 7) is 5.17. The van der Waals surface area contributed by atoms with E-state index in [9.17, 15) is 9.18 Å². The minimum Gasteiger partial charge on any atom is -0.493 e. The number of carbonyl (C=O) groups excluding carboxylic acids is 1. The van der Waals surface area contributed by atoms with Gasteiger partial charge in [0, 0.05) is 24.9 Å². The molecule has 1 heterocycles. The lowest BCUT2D eigenvalue weighted by Crippen LogP contribution is -2.45. The van der Waals surface area contributed by atoms with Crippen molar-refractivity contribution in [1.29, 1.82) is 0 Å². The Hall–Kier alpha value is -3.26. The molecular weight excluding hydrogens is 415 g/mol. The third-order valence-electron chi connectivity index (χ3n) is 5.09. The maximum Gasteiger partial charge on any atom is 0.248 e. The van der Waals surface area contributed by atoms with E-state index in [0.717, 1.165) is 0 Å². The number of amides is 1. The van der Waals surface area contributed by atoms with Crippen LogP contribution in [0.25, 0.3) is 6.08 Å². The fourth-order valence-electron chi connectivity index (χ4n) is 3.77. The number of nitrogens with zero attached hydrogens (tertiary/aromatic N) is 1. The first-order valence-corrected chi connectivity index (χ1v) is 10.3. The van der Waals surface area contributed by atoms with Crippen molar-refractivity contribution < 1.29 is 28.1 Å². The quantitative estimate of drug-likeness (QED) is 0.648. The molecule has 8 heteroatoms. The highest BCUT2D eigenvalue weighted by atomic mass is 19.1. The van der Waals surface area contributed by atoms with Gasteiger partial charge in [0.2, 0.25) is 11.7 Å². The minimum atomic E-state index is -0.391. The van der Waals surface area contributed by atoms with Gasteiger partial charge in [0.05, 0.1) is 39.2 Å². The summed E-state index contributed by atoms with van der Waals surface area (Å²) in [5.41, 5.74) is 1.56. The molecule has 1 fully saturated rings. The molecule has 0 aliphatic carbocycles. The van der Waals surface area contributed by atoms with Crippen LogP contribution >= 0.6 is 0 Å². The van der Waals surface area contributed by atoms with Crippen LogP contribution in [0.15, 0.2) is 36.4 Å². The van der Waals surface area contributed by atoms with Crippen LogP contribution in [0, 0.1) is 5.82 Å². The summed E-state index contributed by atoms with van der Waals surface area (Å²) in [5, 5.41) is 2.68. The Morgan fingerprint density at radius 3 is 2.22 bits per heavy atom. The Labute approximate surface area is 187 Å². The molecule has 1 N–H and O–H groups in total. The molecule has 3 rings (SSSR count). The van der Waals surface area contributed by atoms with Crippen LogP contribution in [-0.2, 0) is 9.53 Å². The zero-order valence-electron chi connectivity index (χ0n) is 19.0. The summed E-state index contributed by atoms with van der Waals surface area (Å²) in [4.78, 5) is 14.3. The highest BCUT2D eigenvalue weighted by molar-refractivity contribution is 6.02. The largest absolute Gasteiger partial charge is 0.493 e. The number of carbonyl (C=O) groups is 1. The first-order valence-electron chi connectivity index (χ1n) is 10.3. The summed E-state index contributed by atoms with van der Waals surface area (Å²) in [6, 6.07) is 8.14. The number of rotatable bonds is 7. The molecule has 1 saturated heterocycles. The van der Waals surface area contributed by atoms with E-state index < -0.39 is 5.82 Å². The molecule has 0 saturated carbocycles. The van der Waals surface area contributed by atoms with E-state index in [2.05, 4.69) is 5.32 Å². The van der Waals surface area contributed by atoms with Crippen LogP contribution in [0.3, 0.4) is 0 Å². The first-order chi connectivity index (χ1) is 15.3. The Morgan fingerprint density at radius 2 is 1.69 bits per heavy atom. The molecule has 32 heavy (non-hydrogen) atoms. The van der Waals surface area contributed by atoms with Crippen molar-refractivity contribution in [3.8, 4) is 17.2 Å². The number of anilines is 2. The Balaban J connectivity index is 1.70. The van der Waals surface area contributed by atoms with Crippen molar-refractivity contribution in [1.82, 2.24) is 0 Å². The molecule has 2 aromatic carbocycles. The van der Waals surface area contributed by atoms with Crippen molar-refractivity contribution >= 4 is 23.4 Å². The van der Waals surface area contributed by atoms with E-state index in [0.29, 0.717) is 47.3 Å². The standard InChI is InChI=1S/C24H29FN2O5/c1-15-13-27(14-16(2)32-15)20-8-7-18(12-19(20)25)26-23(28)9-6-17-10-21(29-3)24(31-5)22(11-17)30-4/h6-12,15-16H,13-14H2,1-5H3,(H,26,28)/b9-6+. The van der Waals surface area contributed by atoms with Gasteiger partial charge in [0.15, 0.2) is 11.5 Å². The van der Waals surface area contributed by atoms with Crippen LogP contribution in [0.1, 0.15) is 19.4 Å². The lowest BCUT2D eigenvalue weighted by Gasteiger charge is -2.37. The van der Waals surface area contributed by atoms with E-state index in [1.165, 1.54) is 33.5 Å². The molecule has 1 amide bonds. The van der Waals surface area contributed by atoms with E-state index in [1.807, 2.05) is 18.7 Å². The van der Waals surface area contributed by atoms with Crippen molar-refractivity contribution in [2.45, 2.75) is 26.1 Å². The van der Waals surface area contributed by atoms with Gasteiger partial charge in [-0.25, -0.2) is 4.39 Å². The second-order valence-electron chi connectivity index (χ2n) is 7.61. The molecule has 0 radical (unpaired) electrons. The summed E-state index contributed by atoms with van der Waals surface area (Å²) < 4.78 is 36.4. The predicted octanol–water partition coefficient (Wildman–Crippen LogP) is 4.12. The molecule has 2 atom stereocenters. The Morgan fingerprint density at radius 1 is 1.06 bits per heavy atom. The van der Waals surface area contributed by atoms with Gasteiger partial charge in [0.25, 0.3) is 0 Å². The lowest BCUT2D eigenvalue weighted by atomic mass is 10.1. The van der Waals surface area contributed by atoms with Crippen molar-refractivity contribution in [2.75, 3.05) is 44.6 Å². The maximum absolute atomic E-state index is 14.7. The number of hydrogen-bond donors (Lipinski definition) is 1. The number of methoxy groups -OCH3 is 3. The smallest absolute Gasteiger partial charge is 0.248 e. The number of halogens is 1. The third-order valence-corrected chi connectivity index (χ3v) is 5.09. The normalized spacial score (nSPS) is 18.5. The molecule has 1 aliphatic rings. The Bertz CT molecular complexity index is 959. The molecule has 2 unspecified atom stereocenters. The number of morpholine rings is 1. The molecule has 0 bridgehead atoms. The van der Waals surface area contributed by atoms with Crippen molar-refractivity contribution in [3.63, 3.8) is 0 Å². The topological polar surface area (TPSA) is 69.3 Å². The van der Waals surface area contributed by atoms with E-state index >= 15 is 0 Å². The summed E-state index contributed by atoms with van der Waals surface area (Å²) in [7, 11) is 4.57. The summed E-state index contributed by atoms with van der Waals surface area (Å²) in [6.07, 6.45) is 3.02. The minimum absolute atomic E-state index is 0.0258. The van der Waals surface area contributed by atoms with Gasteiger partial charge < -0.3 is 29.2 Å². The lowest BCUT2D eigenvalue weighted by molar-refractivity contribution is -0.111. The van der Waals surface area contributed by atoms with Gasteiger partial charge in [-0.05, 0) is 55.8 Å². The van der Waals surface area contributed by atoms with E-state index in [1.54, 1.807) is 30.3 Å². The third kappa shape index (κ3) is 5.50. The van der Waals surface area contributed by atoms with E-state index in [4.69, 9.17) is 18.9 Å². The fraction of sp³-hybridized carbons (Fsp3) is 0.375. The maximum atomic E-state index is 14.7. The molecule has 1 aliphatic heterocycles. The average molecular weight is 445 g/mol. The van der Waals surface area contributed by atoms with Gasteiger partial charge in [-0.2, -0.15) is 0 Å². The van der Waals surface area contributed by atoms with E-state index in [-0.39, 0.29) is 18.1 Å². The number of nitrogens with one attached hydrogen (secondary N) is 1. The second kappa shape index (κ2) is 10.4. The molecule has 0 spiro atoms. The van der Waals surface area contributed by atoms with Crippen molar-refractivity contribution in [3.05, 3.63) is 47.8 Å². The average Bonchev–Trinajstić information content (AvgIpc) is 2.76. The fourth-order valence-corrected chi connectivity index (χ4v) is 3.77. The second-order valence-corrected chi connectivity index (χ2v) is 7.61. The zero-order chi connectivity index (χ0) is 23.3. The summed E-state index contributed by atoms with van der Waals surface area (Å²) >= 11 is 0.